The normalized spacial score (nSPS) is 27.3. The van der Waals surface area contributed by atoms with Crippen molar-refractivity contribution in [1.29, 1.82) is 0 Å². The van der Waals surface area contributed by atoms with Gasteiger partial charge in [-0.05, 0) is 62.2 Å². The smallest absolute Gasteiger partial charge is 0.332 e. The Morgan fingerprint density at radius 3 is 2.68 bits per heavy atom. The molecule has 2 aliphatic carbocycles. The van der Waals surface area contributed by atoms with E-state index in [1.807, 2.05) is 6.92 Å². The van der Waals surface area contributed by atoms with E-state index in [-0.39, 0.29) is 5.41 Å². The van der Waals surface area contributed by atoms with E-state index in [2.05, 4.69) is 38.2 Å². The largest absolute Gasteiger partial charge is 0.350 e. The lowest BCUT2D eigenvalue weighted by molar-refractivity contribution is 0.166. The van der Waals surface area contributed by atoms with Gasteiger partial charge in [0.1, 0.15) is 0 Å². The molecule has 0 bridgehead atoms. The highest BCUT2D eigenvalue weighted by Gasteiger charge is 2.41. The van der Waals surface area contributed by atoms with Crippen molar-refractivity contribution in [3.8, 4) is 0 Å². The van der Waals surface area contributed by atoms with Gasteiger partial charge in [-0.2, -0.15) is 5.10 Å². The van der Waals surface area contributed by atoms with E-state index in [4.69, 9.17) is 5.73 Å². The third-order valence-corrected chi connectivity index (χ3v) is 5.65. The molecule has 0 saturated carbocycles. The molecule has 4 nitrogen and oxygen atoms in total. The molecule has 22 heavy (non-hydrogen) atoms. The predicted molar refractivity (Wildman–Crippen MR) is 91.6 cm³/mol. The van der Waals surface area contributed by atoms with Crippen LogP contribution >= 0.6 is 0 Å². The number of carbonyl (C=O) groups excluding carboxylic acids is 1. The first-order valence-electron chi connectivity index (χ1n) is 8.42. The second-order valence-corrected chi connectivity index (χ2v) is 8.41. The Morgan fingerprint density at radius 1 is 1.36 bits per heavy atom. The third-order valence-electron chi connectivity index (χ3n) is 5.65. The minimum atomic E-state index is -0.596. The summed E-state index contributed by atoms with van der Waals surface area (Å²) in [4.78, 5) is 10.8. The van der Waals surface area contributed by atoms with Crippen LogP contribution in [-0.2, 0) is 0 Å². The number of urea groups is 1. The molecule has 124 valence electrons. The van der Waals surface area contributed by atoms with Crippen LogP contribution in [0.25, 0.3) is 0 Å². The maximum atomic E-state index is 10.8. The van der Waals surface area contributed by atoms with E-state index in [9.17, 15) is 4.79 Å². The molecule has 0 heterocycles. The molecule has 2 amide bonds. The zero-order valence-corrected chi connectivity index (χ0v) is 14.8. The molecule has 0 unspecified atom stereocenters. The summed E-state index contributed by atoms with van der Waals surface area (Å²) in [6.07, 6.45) is 7.18. The molecule has 0 radical (unpaired) electrons. The molecule has 0 saturated heterocycles. The standard InChI is InChI=1S/C18H31N3O/c1-12(20-21-16(19)22)9-14-10-13-7-6-8-17(2,3)15(13)11-18(14,4)5/h14H,6-11H2,1-5H3,(H3,19,21,22)/b20-12-/t14-/m0/s1. The Hall–Kier alpha value is -1.32. The average Bonchev–Trinajstić information content (AvgIpc) is 2.38. The second-order valence-electron chi connectivity index (χ2n) is 8.41. The van der Waals surface area contributed by atoms with Gasteiger partial charge in [-0.3, -0.25) is 0 Å². The molecular weight excluding hydrogens is 274 g/mol. The molecule has 2 rings (SSSR count). The van der Waals surface area contributed by atoms with Crippen molar-refractivity contribution in [2.45, 2.75) is 73.1 Å². The summed E-state index contributed by atoms with van der Waals surface area (Å²) in [5.41, 5.74) is 12.4. The molecule has 0 aromatic carbocycles. The van der Waals surface area contributed by atoms with Crippen LogP contribution in [0.15, 0.2) is 16.2 Å². The van der Waals surface area contributed by atoms with Crippen molar-refractivity contribution in [2.75, 3.05) is 0 Å². The van der Waals surface area contributed by atoms with Crippen LogP contribution < -0.4 is 11.2 Å². The van der Waals surface area contributed by atoms with Crippen LogP contribution in [-0.4, -0.2) is 11.7 Å². The zero-order valence-electron chi connectivity index (χ0n) is 14.8. The van der Waals surface area contributed by atoms with Gasteiger partial charge < -0.3 is 5.73 Å². The molecule has 2 aliphatic rings. The Kier molecular flexibility index (Phi) is 4.69. The second kappa shape index (κ2) is 6.05. The number of allylic oxidation sites excluding steroid dienone is 2. The van der Waals surface area contributed by atoms with Crippen molar-refractivity contribution in [3.05, 3.63) is 11.1 Å². The number of hydrazone groups is 1. The summed E-state index contributed by atoms with van der Waals surface area (Å²) in [7, 11) is 0. The van der Waals surface area contributed by atoms with Crippen LogP contribution in [0, 0.1) is 16.7 Å². The van der Waals surface area contributed by atoms with Crippen molar-refractivity contribution in [2.24, 2.45) is 27.6 Å². The molecular formula is C18H31N3O. The van der Waals surface area contributed by atoms with E-state index in [0.717, 1.165) is 12.1 Å². The van der Waals surface area contributed by atoms with Gasteiger partial charge in [-0.25, -0.2) is 10.2 Å². The first kappa shape index (κ1) is 17.0. The SMILES string of the molecule is C/C(C[C@H]1CC2=C(CC1(C)C)C(C)(C)CCC2)=N/NC(N)=O. The predicted octanol–water partition coefficient (Wildman–Crippen LogP) is 4.36. The van der Waals surface area contributed by atoms with Crippen LogP contribution in [0.2, 0.25) is 0 Å². The number of hydrogen-bond donors (Lipinski definition) is 2. The van der Waals surface area contributed by atoms with Crippen LogP contribution in [0.3, 0.4) is 0 Å². The number of nitrogens with two attached hydrogens (primary N) is 1. The van der Waals surface area contributed by atoms with Gasteiger partial charge in [0.15, 0.2) is 0 Å². The molecule has 0 aliphatic heterocycles. The molecule has 0 spiro atoms. The van der Waals surface area contributed by atoms with Gasteiger partial charge in [0.2, 0.25) is 0 Å². The number of nitrogens with zero attached hydrogens (tertiary/aromatic N) is 1. The monoisotopic (exact) mass is 305 g/mol. The molecule has 0 aromatic rings. The van der Waals surface area contributed by atoms with Gasteiger partial charge in [-0.1, -0.05) is 38.8 Å². The highest BCUT2D eigenvalue weighted by molar-refractivity contribution is 5.84. The zero-order chi connectivity index (χ0) is 16.5. The molecule has 4 heteroatoms. The number of carbonyl (C=O) groups is 1. The fourth-order valence-electron chi connectivity index (χ4n) is 4.19. The van der Waals surface area contributed by atoms with Gasteiger partial charge in [0.25, 0.3) is 0 Å². The summed E-state index contributed by atoms with van der Waals surface area (Å²) in [5, 5.41) is 4.09. The maximum Gasteiger partial charge on any atom is 0.332 e. The Morgan fingerprint density at radius 2 is 2.05 bits per heavy atom. The fraction of sp³-hybridized carbons (Fsp3) is 0.778. The Balaban J connectivity index is 2.16. The molecule has 0 aromatic heterocycles. The molecule has 3 N–H and O–H groups in total. The van der Waals surface area contributed by atoms with Gasteiger partial charge in [0.05, 0.1) is 0 Å². The van der Waals surface area contributed by atoms with Crippen molar-refractivity contribution >= 4 is 11.7 Å². The van der Waals surface area contributed by atoms with Crippen LogP contribution in [0.1, 0.15) is 73.1 Å². The summed E-state index contributed by atoms with van der Waals surface area (Å²) in [6.45, 7) is 11.5. The highest BCUT2D eigenvalue weighted by atomic mass is 16.2. The van der Waals surface area contributed by atoms with E-state index < -0.39 is 6.03 Å². The Bertz CT molecular complexity index is 514. The van der Waals surface area contributed by atoms with Gasteiger partial charge in [0, 0.05) is 5.71 Å². The van der Waals surface area contributed by atoms with Crippen molar-refractivity contribution in [1.82, 2.24) is 5.43 Å². The van der Waals surface area contributed by atoms with Gasteiger partial charge in [-0.15, -0.1) is 0 Å². The molecule has 0 fully saturated rings. The maximum absolute atomic E-state index is 10.8. The van der Waals surface area contributed by atoms with Crippen molar-refractivity contribution in [3.63, 3.8) is 0 Å². The number of amides is 2. The first-order valence-corrected chi connectivity index (χ1v) is 8.42. The lowest BCUT2D eigenvalue weighted by Crippen LogP contribution is -2.36. The minimum absolute atomic E-state index is 0.275. The topological polar surface area (TPSA) is 67.5 Å². The van der Waals surface area contributed by atoms with Gasteiger partial charge >= 0.3 is 6.03 Å². The minimum Gasteiger partial charge on any atom is -0.350 e. The lowest BCUT2D eigenvalue weighted by atomic mass is 9.57. The highest BCUT2D eigenvalue weighted by Crippen LogP contribution is 2.54. The third kappa shape index (κ3) is 3.71. The summed E-state index contributed by atoms with van der Waals surface area (Å²) in [6, 6.07) is -0.596. The van der Waals surface area contributed by atoms with Crippen LogP contribution in [0.4, 0.5) is 4.79 Å². The van der Waals surface area contributed by atoms with E-state index in [1.54, 1.807) is 11.1 Å². The summed E-state index contributed by atoms with van der Waals surface area (Å²) >= 11 is 0. The first-order chi connectivity index (χ1) is 10.1. The van der Waals surface area contributed by atoms with Crippen molar-refractivity contribution < 1.29 is 4.79 Å². The summed E-state index contributed by atoms with van der Waals surface area (Å²) < 4.78 is 0. The van der Waals surface area contributed by atoms with Crippen LogP contribution in [0.5, 0.6) is 0 Å². The lowest BCUT2D eigenvalue weighted by Gasteiger charge is -2.47. The Labute approximate surface area is 134 Å². The average molecular weight is 305 g/mol. The van der Waals surface area contributed by atoms with E-state index in [0.29, 0.717) is 11.3 Å². The number of nitrogens with one attached hydrogen (secondary N) is 1. The van der Waals surface area contributed by atoms with E-state index >= 15 is 0 Å². The summed E-state index contributed by atoms with van der Waals surface area (Å²) in [5.74, 6) is 0.582. The fourth-order valence-corrected chi connectivity index (χ4v) is 4.19. The quantitative estimate of drug-likeness (QED) is 0.454. The number of rotatable bonds is 3. The molecule has 1 atom stereocenters. The van der Waals surface area contributed by atoms with E-state index in [1.165, 1.54) is 32.1 Å². The number of primary amides is 1. The number of hydrogen-bond acceptors (Lipinski definition) is 2.